The number of halogens is 1. The Kier molecular flexibility index (Phi) is 4.18. The molecule has 2 aromatic carbocycles. The molecule has 0 fully saturated rings. The third-order valence-corrected chi connectivity index (χ3v) is 2.97. The SMILES string of the molecule is COc1cc(NC(=O)c2ccccc2)c(Cl)cc1[N+]#N. The van der Waals surface area contributed by atoms with Crippen LogP contribution < -0.4 is 10.1 Å². The Morgan fingerprint density at radius 3 is 2.60 bits per heavy atom. The van der Waals surface area contributed by atoms with Gasteiger partial charge in [0.1, 0.15) is 0 Å². The second kappa shape index (κ2) is 6.04. The third kappa shape index (κ3) is 2.87. The Morgan fingerprint density at radius 2 is 2.00 bits per heavy atom. The predicted molar refractivity (Wildman–Crippen MR) is 77.1 cm³/mol. The number of amides is 1. The number of ether oxygens (including phenoxy) is 1. The molecule has 0 saturated carbocycles. The van der Waals surface area contributed by atoms with Gasteiger partial charge in [-0.15, -0.1) is 0 Å². The van der Waals surface area contributed by atoms with Gasteiger partial charge in [0.25, 0.3) is 5.91 Å². The largest absolute Gasteiger partial charge is 0.489 e. The molecular weight excluding hydrogens is 278 g/mol. The van der Waals surface area contributed by atoms with Gasteiger partial charge in [0.05, 0.1) is 23.9 Å². The highest BCUT2D eigenvalue weighted by Gasteiger charge is 2.19. The minimum Gasteiger partial charge on any atom is -0.489 e. The standard InChI is InChI=1S/C14H10ClN3O2/c1-20-13-8-11(10(15)7-12(13)18-16)17-14(19)9-5-3-2-4-6-9/h2-8H,1H3/p+1. The summed E-state index contributed by atoms with van der Waals surface area (Å²) in [6.07, 6.45) is 0. The van der Waals surface area contributed by atoms with Crippen LogP contribution in [0, 0.1) is 5.39 Å². The van der Waals surface area contributed by atoms with Gasteiger partial charge in [-0.2, -0.15) is 0 Å². The van der Waals surface area contributed by atoms with Crippen LogP contribution in [-0.4, -0.2) is 13.0 Å². The van der Waals surface area contributed by atoms with E-state index in [2.05, 4.69) is 10.3 Å². The summed E-state index contributed by atoms with van der Waals surface area (Å²) in [7, 11) is 1.43. The fourth-order valence-corrected chi connectivity index (χ4v) is 1.87. The number of benzene rings is 2. The van der Waals surface area contributed by atoms with Crippen LogP contribution in [0.2, 0.25) is 5.02 Å². The number of hydrogen-bond donors (Lipinski definition) is 1. The lowest BCUT2D eigenvalue weighted by atomic mass is 10.2. The fraction of sp³-hybridized carbons (Fsp3) is 0.0714. The molecule has 2 aromatic rings. The first-order chi connectivity index (χ1) is 9.65. The minimum atomic E-state index is -0.289. The zero-order chi connectivity index (χ0) is 14.5. The fourth-order valence-electron chi connectivity index (χ4n) is 1.66. The number of carbonyl (C=O) groups excluding carboxylic acids is 1. The molecule has 0 atom stereocenters. The van der Waals surface area contributed by atoms with Crippen molar-refractivity contribution in [2.45, 2.75) is 0 Å². The molecule has 0 radical (unpaired) electrons. The molecule has 0 saturated heterocycles. The summed E-state index contributed by atoms with van der Waals surface area (Å²) < 4.78 is 5.06. The van der Waals surface area contributed by atoms with E-state index >= 15 is 0 Å². The zero-order valence-electron chi connectivity index (χ0n) is 10.6. The molecule has 0 aliphatic carbocycles. The lowest BCUT2D eigenvalue weighted by Crippen LogP contribution is -2.12. The van der Waals surface area contributed by atoms with Crippen molar-refractivity contribution in [1.82, 2.24) is 0 Å². The number of hydrogen-bond acceptors (Lipinski definition) is 3. The van der Waals surface area contributed by atoms with Gasteiger partial charge in [-0.05, 0) is 12.1 Å². The van der Waals surface area contributed by atoms with E-state index in [1.165, 1.54) is 19.2 Å². The molecule has 0 heterocycles. The van der Waals surface area contributed by atoms with Gasteiger partial charge in [-0.1, -0.05) is 29.8 Å². The summed E-state index contributed by atoms with van der Waals surface area (Å²) in [5, 5.41) is 11.8. The van der Waals surface area contributed by atoms with Crippen LogP contribution in [0.15, 0.2) is 42.5 Å². The normalized spacial score (nSPS) is 9.65. The van der Waals surface area contributed by atoms with E-state index in [0.717, 1.165) is 0 Å². The highest BCUT2D eigenvalue weighted by atomic mass is 35.5. The number of rotatable bonds is 3. The average Bonchev–Trinajstić information content (AvgIpc) is 2.49. The third-order valence-electron chi connectivity index (χ3n) is 2.66. The van der Waals surface area contributed by atoms with Crippen molar-refractivity contribution < 1.29 is 9.53 Å². The van der Waals surface area contributed by atoms with Gasteiger partial charge in [0.15, 0.2) is 4.98 Å². The monoisotopic (exact) mass is 288 g/mol. The lowest BCUT2D eigenvalue weighted by Gasteiger charge is -2.07. The molecule has 2 rings (SSSR count). The molecule has 0 unspecified atom stereocenters. The maximum absolute atomic E-state index is 12.0. The molecule has 6 heteroatoms. The van der Waals surface area contributed by atoms with Gasteiger partial charge in [-0.25, -0.2) is 0 Å². The molecule has 5 nitrogen and oxygen atoms in total. The number of diazo groups is 1. The quantitative estimate of drug-likeness (QED) is 0.865. The molecular formula is C14H11ClN3O2+. The summed E-state index contributed by atoms with van der Waals surface area (Å²) in [6.45, 7) is 0. The Labute approximate surface area is 120 Å². The summed E-state index contributed by atoms with van der Waals surface area (Å²) >= 11 is 6.03. The van der Waals surface area contributed by atoms with Gasteiger partial charge in [-0.3, -0.25) is 4.79 Å². The van der Waals surface area contributed by atoms with Crippen molar-refractivity contribution in [3.05, 3.63) is 58.0 Å². The van der Waals surface area contributed by atoms with Crippen molar-refractivity contribution in [1.29, 1.82) is 5.39 Å². The molecule has 0 bridgehead atoms. The van der Waals surface area contributed by atoms with Gasteiger partial charge < -0.3 is 10.1 Å². The van der Waals surface area contributed by atoms with E-state index in [4.69, 9.17) is 21.7 Å². The number of nitrogens with zero attached hydrogens (tertiary/aromatic N) is 2. The highest BCUT2D eigenvalue weighted by Crippen LogP contribution is 2.36. The van der Waals surface area contributed by atoms with Crippen molar-refractivity contribution in [3.63, 3.8) is 0 Å². The highest BCUT2D eigenvalue weighted by molar-refractivity contribution is 6.34. The van der Waals surface area contributed by atoms with Crippen LogP contribution in [0.1, 0.15) is 10.4 Å². The zero-order valence-corrected chi connectivity index (χ0v) is 11.4. The van der Waals surface area contributed by atoms with E-state index in [-0.39, 0.29) is 16.6 Å². The number of methoxy groups -OCH3 is 1. The van der Waals surface area contributed by atoms with Crippen molar-refractivity contribution in [2.24, 2.45) is 0 Å². The second-order valence-electron chi connectivity index (χ2n) is 3.92. The first-order valence-corrected chi connectivity index (χ1v) is 6.12. The minimum absolute atomic E-state index is 0.190. The summed E-state index contributed by atoms with van der Waals surface area (Å²) in [4.78, 5) is 15.1. The van der Waals surface area contributed by atoms with E-state index in [0.29, 0.717) is 17.0 Å². The van der Waals surface area contributed by atoms with Crippen molar-refractivity contribution in [2.75, 3.05) is 12.4 Å². The maximum atomic E-state index is 12.0. The van der Waals surface area contributed by atoms with Crippen LogP contribution in [0.4, 0.5) is 11.4 Å². The van der Waals surface area contributed by atoms with Crippen LogP contribution in [0.3, 0.4) is 0 Å². The van der Waals surface area contributed by atoms with Gasteiger partial charge in [0, 0.05) is 11.6 Å². The predicted octanol–water partition coefficient (Wildman–Crippen LogP) is 4.09. The summed E-state index contributed by atoms with van der Waals surface area (Å²) in [6, 6.07) is 11.6. The maximum Gasteiger partial charge on any atom is 0.427 e. The topological polar surface area (TPSA) is 66.5 Å². The molecule has 0 aromatic heterocycles. The van der Waals surface area contributed by atoms with Crippen LogP contribution in [0.25, 0.3) is 4.98 Å². The lowest BCUT2D eigenvalue weighted by molar-refractivity contribution is 0.102. The van der Waals surface area contributed by atoms with Gasteiger partial charge in [0.2, 0.25) is 11.1 Å². The molecule has 0 aliphatic rings. The van der Waals surface area contributed by atoms with E-state index in [9.17, 15) is 4.79 Å². The Morgan fingerprint density at radius 1 is 1.30 bits per heavy atom. The molecule has 1 N–H and O–H groups in total. The van der Waals surface area contributed by atoms with Crippen LogP contribution in [0.5, 0.6) is 5.75 Å². The number of anilines is 1. The molecule has 0 aliphatic heterocycles. The summed E-state index contributed by atoms with van der Waals surface area (Å²) in [5.74, 6) is 0.0171. The van der Waals surface area contributed by atoms with Crippen molar-refractivity contribution in [3.8, 4) is 5.75 Å². The Bertz CT molecular complexity index is 681. The first kappa shape index (κ1) is 13.8. The van der Waals surface area contributed by atoms with E-state index < -0.39 is 0 Å². The molecule has 100 valence electrons. The molecule has 20 heavy (non-hydrogen) atoms. The smallest absolute Gasteiger partial charge is 0.427 e. The molecule has 1 amide bonds. The number of nitrogens with one attached hydrogen (secondary N) is 1. The number of carbonyl (C=O) groups is 1. The first-order valence-electron chi connectivity index (χ1n) is 5.74. The Hall–Kier alpha value is -2.58. The second-order valence-corrected chi connectivity index (χ2v) is 4.33. The van der Waals surface area contributed by atoms with Crippen molar-refractivity contribution >= 4 is 28.9 Å². The van der Waals surface area contributed by atoms with Gasteiger partial charge >= 0.3 is 5.69 Å². The van der Waals surface area contributed by atoms with E-state index in [1.54, 1.807) is 24.3 Å². The average molecular weight is 289 g/mol. The molecule has 0 spiro atoms. The van der Waals surface area contributed by atoms with Crippen LogP contribution in [-0.2, 0) is 0 Å². The van der Waals surface area contributed by atoms with Crippen LogP contribution >= 0.6 is 11.6 Å². The summed E-state index contributed by atoms with van der Waals surface area (Å²) in [5.41, 5.74) is 1.08. The Balaban J connectivity index is 2.31. The van der Waals surface area contributed by atoms with E-state index in [1.807, 2.05) is 6.07 Å².